The molecule has 5 heteroatoms. The van der Waals surface area contributed by atoms with Crippen LogP contribution in [-0.4, -0.2) is 9.13 Å². The summed E-state index contributed by atoms with van der Waals surface area (Å²) < 4.78 is 4.28. The quantitative estimate of drug-likeness (QED) is 0.125. The summed E-state index contributed by atoms with van der Waals surface area (Å²) >= 11 is 0. The van der Waals surface area contributed by atoms with E-state index in [4.69, 9.17) is 6.42 Å². The number of hydrogen-bond acceptors (Lipinski definition) is 3. The van der Waals surface area contributed by atoms with Gasteiger partial charge < -0.3 is 9.13 Å². The van der Waals surface area contributed by atoms with E-state index in [1.54, 1.807) is 18.2 Å². The van der Waals surface area contributed by atoms with Gasteiger partial charge in [-0.25, -0.2) is 0 Å². The predicted molar refractivity (Wildman–Crippen MR) is 212 cm³/mol. The van der Waals surface area contributed by atoms with Crippen LogP contribution in [0.15, 0.2) is 133 Å². The molecule has 0 saturated carbocycles. The number of para-hydroxylation sites is 3. The van der Waals surface area contributed by atoms with Crippen molar-refractivity contribution in [1.82, 2.24) is 9.13 Å². The van der Waals surface area contributed by atoms with Crippen molar-refractivity contribution < 1.29 is 0 Å². The molecule has 0 unspecified atom stereocenters. The van der Waals surface area contributed by atoms with Gasteiger partial charge in [-0.3, -0.25) is 0 Å². The fourth-order valence-electron chi connectivity index (χ4n) is 7.15. The Balaban J connectivity index is 1.33. The fourth-order valence-corrected chi connectivity index (χ4v) is 7.15. The average molecular weight is 666 g/mol. The van der Waals surface area contributed by atoms with Crippen molar-refractivity contribution in [1.29, 1.82) is 15.8 Å². The lowest BCUT2D eigenvalue weighted by Crippen LogP contribution is -2.02. The monoisotopic (exact) mass is 665 g/mol. The number of aromatic nitrogens is 2. The van der Waals surface area contributed by atoms with E-state index in [2.05, 4.69) is 102 Å². The second kappa shape index (κ2) is 13.7. The largest absolute Gasteiger partial charge is 0.312 e. The molecule has 0 aliphatic carbocycles. The first-order valence-electron chi connectivity index (χ1n) is 16.7. The Kier molecular flexibility index (Phi) is 8.71. The number of benzene rings is 5. The number of terminal acetylenes is 1. The van der Waals surface area contributed by atoms with E-state index in [-0.39, 0.29) is 5.57 Å². The summed E-state index contributed by atoms with van der Waals surface area (Å²) in [7, 11) is 0. The summed E-state index contributed by atoms with van der Waals surface area (Å²) in [5, 5.41) is 32.4. The fraction of sp³-hybridized carbons (Fsp3) is 0.0426. The van der Waals surface area contributed by atoms with Crippen molar-refractivity contribution in [3.63, 3.8) is 0 Å². The topological polar surface area (TPSA) is 81.2 Å². The molecule has 7 rings (SSSR count). The third-order valence-corrected chi connectivity index (χ3v) is 9.54. The molecule has 0 spiro atoms. The Hall–Kier alpha value is -7.57. The number of rotatable bonds is 7. The van der Waals surface area contributed by atoms with Crippen molar-refractivity contribution in [3.8, 4) is 64.2 Å². The standard InChI is InChI=1S/C47H31N5/c1-5-32(28-48)26-43-31(4)51(47(38(43)7-3)33(6-2)29-49)37-23-20-34(21-24-37)39-25-22-35(27-36(39)30-50)40-14-8-11-17-44(40)52-45-18-12-9-15-41(45)42-16-10-13-19-46(42)52/h1,6-27H,3H2,2,4H3/b32-26+,33-6-. The van der Waals surface area contributed by atoms with Crippen LogP contribution in [0.4, 0.5) is 0 Å². The highest BCUT2D eigenvalue weighted by molar-refractivity contribution is 6.09. The van der Waals surface area contributed by atoms with Crippen LogP contribution in [-0.2, 0) is 0 Å². The van der Waals surface area contributed by atoms with Gasteiger partial charge in [0.2, 0.25) is 0 Å². The van der Waals surface area contributed by atoms with E-state index in [0.717, 1.165) is 55.9 Å². The first kappa shape index (κ1) is 33.0. The predicted octanol–water partition coefficient (Wildman–Crippen LogP) is 11.2. The van der Waals surface area contributed by atoms with Gasteiger partial charge in [-0.05, 0) is 73.0 Å². The van der Waals surface area contributed by atoms with Gasteiger partial charge in [-0.1, -0.05) is 104 Å². The van der Waals surface area contributed by atoms with Crippen LogP contribution in [0, 0.1) is 53.3 Å². The zero-order valence-corrected chi connectivity index (χ0v) is 28.7. The van der Waals surface area contributed by atoms with Gasteiger partial charge in [0.15, 0.2) is 0 Å². The highest BCUT2D eigenvalue weighted by Gasteiger charge is 2.22. The van der Waals surface area contributed by atoms with Gasteiger partial charge in [0.25, 0.3) is 0 Å². The third kappa shape index (κ3) is 5.37. The molecule has 0 saturated heterocycles. The Bertz CT molecular complexity index is 2740. The summed E-state index contributed by atoms with van der Waals surface area (Å²) in [6.07, 6.45) is 10.7. The van der Waals surface area contributed by atoms with Crippen LogP contribution in [0.1, 0.15) is 35.0 Å². The van der Waals surface area contributed by atoms with E-state index in [1.165, 1.54) is 10.8 Å². The van der Waals surface area contributed by atoms with Gasteiger partial charge in [-0.15, -0.1) is 6.42 Å². The second-order valence-corrected chi connectivity index (χ2v) is 12.2. The molecule has 5 nitrogen and oxygen atoms in total. The van der Waals surface area contributed by atoms with Crippen molar-refractivity contribution in [2.75, 3.05) is 0 Å². The Morgan fingerprint density at radius 2 is 1.35 bits per heavy atom. The smallest absolute Gasteiger partial charge is 0.108 e. The minimum absolute atomic E-state index is 0.175. The molecule has 0 amide bonds. The number of nitriles is 3. The van der Waals surface area contributed by atoms with E-state index >= 15 is 0 Å². The Labute approximate surface area is 303 Å². The molecule has 0 N–H and O–H groups in total. The van der Waals surface area contributed by atoms with Crippen LogP contribution >= 0.6 is 0 Å². The molecule has 0 fully saturated rings. The zero-order chi connectivity index (χ0) is 36.4. The molecule has 7 aromatic rings. The number of fused-ring (bicyclic) bond motifs is 3. The molecular formula is C47H31N5. The first-order chi connectivity index (χ1) is 25.5. The summed E-state index contributed by atoms with van der Waals surface area (Å²) in [5.41, 5.74) is 11.8. The summed E-state index contributed by atoms with van der Waals surface area (Å²) in [4.78, 5) is 0. The molecule has 2 heterocycles. The highest BCUT2D eigenvalue weighted by Crippen LogP contribution is 2.38. The second-order valence-electron chi connectivity index (χ2n) is 12.2. The van der Waals surface area contributed by atoms with Crippen LogP contribution in [0.5, 0.6) is 0 Å². The lowest BCUT2D eigenvalue weighted by Gasteiger charge is -2.16. The van der Waals surface area contributed by atoms with Gasteiger partial charge in [0, 0.05) is 38.8 Å². The van der Waals surface area contributed by atoms with E-state index < -0.39 is 0 Å². The zero-order valence-electron chi connectivity index (χ0n) is 28.7. The molecule has 0 aliphatic rings. The van der Waals surface area contributed by atoms with Crippen LogP contribution in [0.3, 0.4) is 0 Å². The molecule has 0 bridgehead atoms. The SMILES string of the molecule is C#C/C(C#N)=C\c1c(C=C)c(/C(C#N)=C\C)n(-c2ccc(-c3ccc(-c4ccccc4-n4c5ccccc5c5ccccc54)cc3C#N)cc2)c1C. The molecular weight excluding hydrogens is 635 g/mol. The van der Waals surface area contributed by atoms with Crippen molar-refractivity contribution in [3.05, 3.63) is 162 Å². The summed E-state index contributed by atoms with van der Waals surface area (Å²) in [6, 6.07) is 45.9. The third-order valence-electron chi connectivity index (χ3n) is 9.54. The molecule has 0 radical (unpaired) electrons. The molecule has 5 aromatic carbocycles. The van der Waals surface area contributed by atoms with Crippen LogP contribution in [0.2, 0.25) is 0 Å². The number of nitrogens with zero attached hydrogens (tertiary/aromatic N) is 5. The maximum Gasteiger partial charge on any atom is 0.108 e. The van der Waals surface area contributed by atoms with Gasteiger partial charge in [0.1, 0.15) is 17.7 Å². The average Bonchev–Trinajstić information content (AvgIpc) is 3.68. The minimum Gasteiger partial charge on any atom is -0.312 e. The molecule has 244 valence electrons. The number of hydrogen-bond donors (Lipinski definition) is 0. The maximum absolute atomic E-state index is 10.4. The summed E-state index contributed by atoms with van der Waals surface area (Å²) in [5.74, 6) is 2.43. The summed E-state index contributed by atoms with van der Waals surface area (Å²) in [6.45, 7) is 7.75. The lowest BCUT2D eigenvalue weighted by atomic mass is 9.94. The minimum atomic E-state index is 0.175. The number of allylic oxidation sites excluding steroid dienone is 3. The van der Waals surface area contributed by atoms with E-state index in [1.807, 2.05) is 66.9 Å². The van der Waals surface area contributed by atoms with Crippen molar-refractivity contribution in [2.24, 2.45) is 0 Å². The van der Waals surface area contributed by atoms with Crippen molar-refractivity contribution >= 4 is 39.5 Å². The van der Waals surface area contributed by atoms with E-state index in [9.17, 15) is 15.8 Å². The van der Waals surface area contributed by atoms with Crippen LogP contribution < -0.4 is 0 Å². The van der Waals surface area contributed by atoms with Gasteiger partial charge >= 0.3 is 0 Å². The van der Waals surface area contributed by atoms with Gasteiger partial charge in [-0.2, -0.15) is 15.8 Å². The molecule has 0 atom stereocenters. The normalized spacial score (nSPS) is 11.5. The molecule has 0 aliphatic heterocycles. The lowest BCUT2D eigenvalue weighted by molar-refractivity contribution is 0.994. The highest BCUT2D eigenvalue weighted by atomic mass is 15.0. The van der Waals surface area contributed by atoms with E-state index in [0.29, 0.717) is 22.4 Å². The molecule has 2 aromatic heterocycles. The maximum atomic E-state index is 10.4. The Morgan fingerprint density at radius 3 is 1.94 bits per heavy atom. The van der Waals surface area contributed by atoms with Crippen LogP contribution in [0.25, 0.3) is 73.2 Å². The Morgan fingerprint density at radius 1 is 0.712 bits per heavy atom. The van der Waals surface area contributed by atoms with Crippen molar-refractivity contribution in [2.45, 2.75) is 13.8 Å². The molecule has 52 heavy (non-hydrogen) atoms. The first-order valence-corrected chi connectivity index (χ1v) is 16.7. The van der Waals surface area contributed by atoms with Gasteiger partial charge in [0.05, 0.1) is 39.6 Å².